The van der Waals surface area contributed by atoms with Crippen LogP contribution in [0.3, 0.4) is 0 Å². The Hall–Kier alpha value is -1.99. The maximum Gasteiger partial charge on any atom is 0.246 e. The fraction of sp³-hybridized carbons (Fsp3) is 0.143. The molecule has 1 aromatic carbocycles. The van der Waals surface area contributed by atoms with Crippen molar-refractivity contribution in [2.24, 2.45) is 4.99 Å². The number of hydrogen-bond donors (Lipinski definition) is 1. The maximum atomic E-state index is 12.0. The SMILES string of the molecule is CS(=O)(=O)c1ccccc1C1=NCC(=O)Nc2sccc21. The Kier molecular flexibility index (Phi) is 3.38. The number of amides is 1. The standard InChI is InChI=1S/C14H12N2O3S2/c1-21(18,19)11-5-3-2-4-9(11)13-10-6-7-20-14(10)16-12(17)8-15-13/h2-7H,8H2,1H3,(H,16,17). The molecule has 7 heteroatoms. The molecule has 1 N–H and O–H groups in total. The average Bonchev–Trinajstić information content (AvgIpc) is 2.80. The number of anilines is 1. The van der Waals surface area contributed by atoms with Crippen LogP contribution in [0.4, 0.5) is 5.00 Å². The third-order valence-corrected chi connectivity index (χ3v) is 5.08. The first-order chi connectivity index (χ1) is 9.97. The van der Waals surface area contributed by atoms with Crippen LogP contribution in [0.15, 0.2) is 45.6 Å². The average molecular weight is 320 g/mol. The van der Waals surface area contributed by atoms with Crippen molar-refractivity contribution in [3.8, 4) is 0 Å². The van der Waals surface area contributed by atoms with Gasteiger partial charge < -0.3 is 5.32 Å². The Morgan fingerprint density at radius 1 is 1.19 bits per heavy atom. The van der Waals surface area contributed by atoms with Crippen LogP contribution in [-0.4, -0.2) is 32.8 Å². The highest BCUT2D eigenvalue weighted by Crippen LogP contribution is 2.30. The third-order valence-electron chi connectivity index (χ3n) is 3.10. The van der Waals surface area contributed by atoms with Crippen molar-refractivity contribution in [2.75, 3.05) is 18.1 Å². The van der Waals surface area contributed by atoms with E-state index in [1.165, 1.54) is 17.6 Å². The molecular formula is C14H12N2O3S2. The van der Waals surface area contributed by atoms with E-state index in [0.717, 1.165) is 5.56 Å². The maximum absolute atomic E-state index is 12.0. The number of nitrogens with zero attached hydrogens (tertiary/aromatic N) is 1. The summed E-state index contributed by atoms with van der Waals surface area (Å²) < 4.78 is 23.9. The van der Waals surface area contributed by atoms with Gasteiger partial charge in [0.25, 0.3) is 0 Å². The number of carbonyl (C=O) groups excluding carboxylic acids is 1. The van der Waals surface area contributed by atoms with E-state index in [9.17, 15) is 13.2 Å². The van der Waals surface area contributed by atoms with Gasteiger partial charge in [-0.2, -0.15) is 0 Å². The number of benzene rings is 1. The minimum Gasteiger partial charge on any atom is -0.316 e. The second kappa shape index (κ2) is 5.09. The van der Waals surface area contributed by atoms with Crippen molar-refractivity contribution in [1.29, 1.82) is 0 Å². The summed E-state index contributed by atoms with van der Waals surface area (Å²) in [4.78, 5) is 16.2. The quantitative estimate of drug-likeness (QED) is 0.919. The highest BCUT2D eigenvalue weighted by atomic mass is 32.2. The lowest BCUT2D eigenvalue weighted by atomic mass is 10.0. The topological polar surface area (TPSA) is 75.6 Å². The minimum atomic E-state index is -3.38. The van der Waals surface area contributed by atoms with Gasteiger partial charge >= 0.3 is 0 Å². The molecule has 0 bridgehead atoms. The molecule has 0 saturated heterocycles. The fourth-order valence-corrected chi connectivity index (χ4v) is 3.91. The number of rotatable bonds is 2. The van der Waals surface area contributed by atoms with Crippen LogP contribution in [-0.2, 0) is 14.6 Å². The summed E-state index contributed by atoms with van der Waals surface area (Å²) in [6.07, 6.45) is 1.17. The van der Waals surface area contributed by atoms with E-state index in [-0.39, 0.29) is 17.3 Å². The predicted octanol–water partition coefficient (Wildman–Crippen LogP) is 1.94. The molecule has 0 radical (unpaired) electrons. The highest BCUT2D eigenvalue weighted by Gasteiger charge is 2.23. The molecule has 0 aliphatic carbocycles. The molecule has 0 spiro atoms. The van der Waals surface area contributed by atoms with E-state index >= 15 is 0 Å². The van der Waals surface area contributed by atoms with Gasteiger partial charge in [0.15, 0.2) is 9.84 Å². The second-order valence-electron chi connectivity index (χ2n) is 4.64. The molecule has 2 aromatic rings. The predicted molar refractivity (Wildman–Crippen MR) is 83.0 cm³/mol. The summed E-state index contributed by atoms with van der Waals surface area (Å²) in [6, 6.07) is 8.54. The molecule has 0 unspecified atom stereocenters. The van der Waals surface area contributed by atoms with E-state index in [1.807, 2.05) is 11.4 Å². The van der Waals surface area contributed by atoms with Crippen LogP contribution in [0.2, 0.25) is 0 Å². The highest BCUT2D eigenvalue weighted by molar-refractivity contribution is 7.90. The Labute approximate surface area is 126 Å². The Morgan fingerprint density at radius 3 is 2.71 bits per heavy atom. The molecule has 1 amide bonds. The molecule has 0 saturated carbocycles. The molecular weight excluding hydrogens is 308 g/mol. The van der Waals surface area contributed by atoms with Crippen molar-refractivity contribution < 1.29 is 13.2 Å². The van der Waals surface area contributed by atoms with Gasteiger partial charge in [0.1, 0.15) is 11.5 Å². The molecule has 2 heterocycles. The van der Waals surface area contributed by atoms with Crippen molar-refractivity contribution >= 4 is 37.8 Å². The van der Waals surface area contributed by atoms with Crippen LogP contribution in [0.5, 0.6) is 0 Å². The molecule has 21 heavy (non-hydrogen) atoms. The molecule has 1 aromatic heterocycles. The summed E-state index contributed by atoms with van der Waals surface area (Å²) in [7, 11) is -3.38. The summed E-state index contributed by atoms with van der Waals surface area (Å²) in [6.45, 7) is -0.0190. The van der Waals surface area contributed by atoms with Crippen molar-refractivity contribution in [3.63, 3.8) is 0 Å². The van der Waals surface area contributed by atoms with Crippen molar-refractivity contribution in [2.45, 2.75) is 4.90 Å². The molecule has 108 valence electrons. The molecule has 0 fully saturated rings. The number of aliphatic imine (C=N–C) groups is 1. The minimum absolute atomic E-state index is 0.0190. The Morgan fingerprint density at radius 2 is 1.95 bits per heavy atom. The summed E-state index contributed by atoms with van der Waals surface area (Å²) in [5, 5.41) is 5.31. The van der Waals surface area contributed by atoms with E-state index in [1.54, 1.807) is 24.3 Å². The Balaban J connectivity index is 2.25. The zero-order valence-corrected chi connectivity index (χ0v) is 12.8. The first kappa shape index (κ1) is 14.0. The Bertz CT molecular complexity index is 851. The number of fused-ring (bicyclic) bond motifs is 1. The van der Waals surface area contributed by atoms with Crippen molar-refractivity contribution in [1.82, 2.24) is 0 Å². The molecule has 1 aliphatic heterocycles. The van der Waals surface area contributed by atoms with Crippen LogP contribution >= 0.6 is 11.3 Å². The molecule has 1 aliphatic rings. The zero-order chi connectivity index (χ0) is 15.0. The van der Waals surface area contributed by atoms with Crippen LogP contribution < -0.4 is 5.32 Å². The van der Waals surface area contributed by atoms with Crippen LogP contribution in [0.1, 0.15) is 11.1 Å². The van der Waals surface area contributed by atoms with Gasteiger partial charge in [-0.1, -0.05) is 18.2 Å². The van der Waals surface area contributed by atoms with E-state index < -0.39 is 9.84 Å². The number of nitrogens with one attached hydrogen (secondary N) is 1. The van der Waals surface area contributed by atoms with Gasteiger partial charge in [0, 0.05) is 17.4 Å². The van der Waals surface area contributed by atoms with Gasteiger partial charge in [0.2, 0.25) is 5.91 Å². The second-order valence-corrected chi connectivity index (χ2v) is 7.55. The first-order valence-electron chi connectivity index (χ1n) is 6.18. The van der Waals surface area contributed by atoms with Gasteiger partial charge in [0.05, 0.1) is 10.6 Å². The van der Waals surface area contributed by atoms with Crippen LogP contribution in [0, 0.1) is 0 Å². The summed E-state index contributed by atoms with van der Waals surface area (Å²) >= 11 is 1.39. The monoisotopic (exact) mass is 320 g/mol. The van der Waals surface area contributed by atoms with Crippen LogP contribution in [0.25, 0.3) is 0 Å². The van der Waals surface area contributed by atoms with Crippen molar-refractivity contribution in [3.05, 3.63) is 46.8 Å². The number of carbonyl (C=O) groups is 1. The van der Waals surface area contributed by atoms with Gasteiger partial charge in [-0.15, -0.1) is 11.3 Å². The smallest absolute Gasteiger partial charge is 0.246 e. The lowest BCUT2D eigenvalue weighted by Crippen LogP contribution is -2.12. The summed E-state index contributed by atoms with van der Waals surface area (Å²) in [5.41, 5.74) is 1.81. The largest absolute Gasteiger partial charge is 0.316 e. The van der Waals surface area contributed by atoms with Gasteiger partial charge in [-0.25, -0.2) is 8.42 Å². The fourth-order valence-electron chi connectivity index (χ4n) is 2.21. The van der Waals surface area contributed by atoms with E-state index in [4.69, 9.17) is 0 Å². The molecule has 0 atom stereocenters. The van der Waals surface area contributed by atoms with E-state index in [2.05, 4.69) is 10.3 Å². The van der Waals surface area contributed by atoms with E-state index in [0.29, 0.717) is 16.3 Å². The number of thiophene rings is 1. The summed E-state index contributed by atoms with van der Waals surface area (Å²) in [5.74, 6) is -0.203. The van der Waals surface area contributed by atoms with Gasteiger partial charge in [-0.3, -0.25) is 9.79 Å². The first-order valence-corrected chi connectivity index (χ1v) is 8.95. The van der Waals surface area contributed by atoms with Gasteiger partial charge in [-0.05, 0) is 17.5 Å². The lowest BCUT2D eigenvalue weighted by Gasteiger charge is -2.10. The lowest BCUT2D eigenvalue weighted by molar-refractivity contribution is -0.114. The molecule has 3 rings (SSSR count). The number of hydrogen-bond acceptors (Lipinski definition) is 5. The zero-order valence-electron chi connectivity index (χ0n) is 11.2. The molecule has 5 nitrogen and oxygen atoms in total. The third kappa shape index (κ3) is 2.62. The number of sulfone groups is 1. The normalized spacial score (nSPS) is 14.9.